The highest BCUT2D eigenvalue weighted by Crippen LogP contribution is 2.31. The number of carbonyl (C=O) groups is 2. The molecule has 8 heteroatoms. The zero-order valence-corrected chi connectivity index (χ0v) is 20.0. The SMILES string of the molecule is Cc1ccc(C(=O)NN2C(=O)/C(=C/c3ccc(OCc4ccc(Cl)cc4)cc3)SC2=S)cc1. The average Bonchev–Trinajstić information content (AvgIpc) is 3.07. The van der Waals surface area contributed by atoms with Gasteiger partial charge in [-0.05, 0) is 72.7 Å². The van der Waals surface area contributed by atoms with Crippen LogP contribution in [-0.2, 0) is 11.4 Å². The van der Waals surface area contributed by atoms with E-state index in [1.54, 1.807) is 18.2 Å². The normalized spacial score (nSPS) is 14.6. The average molecular weight is 495 g/mol. The quantitative estimate of drug-likeness (QED) is 0.348. The van der Waals surface area contributed by atoms with Crippen LogP contribution in [0.4, 0.5) is 0 Å². The molecule has 33 heavy (non-hydrogen) atoms. The summed E-state index contributed by atoms with van der Waals surface area (Å²) in [6.45, 7) is 2.36. The fourth-order valence-corrected chi connectivity index (χ4v) is 4.30. The van der Waals surface area contributed by atoms with Gasteiger partial charge in [-0.3, -0.25) is 15.0 Å². The molecule has 3 aromatic rings. The van der Waals surface area contributed by atoms with E-state index in [-0.39, 0.29) is 10.2 Å². The molecule has 166 valence electrons. The van der Waals surface area contributed by atoms with Crippen molar-refractivity contribution in [2.45, 2.75) is 13.5 Å². The molecule has 0 atom stereocenters. The highest BCUT2D eigenvalue weighted by Gasteiger charge is 2.33. The number of aryl methyl sites for hydroxylation is 1. The molecule has 5 nitrogen and oxygen atoms in total. The van der Waals surface area contributed by atoms with Gasteiger partial charge in [-0.25, -0.2) is 0 Å². The monoisotopic (exact) mass is 494 g/mol. The maximum atomic E-state index is 12.8. The number of thiocarbonyl (C=S) groups is 1. The lowest BCUT2D eigenvalue weighted by Gasteiger charge is -2.15. The van der Waals surface area contributed by atoms with Crippen molar-refractivity contribution in [1.29, 1.82) is 0 Å². The number of carbonyl (C=O) groups excluding carboxylic acids is 2. The summed E-state index contributed by atoms with van der Waals surface area (Å²) in [6, 6.07) is 21.9. The van der Waals surface area contributed by atoms with Crippen LogP contribution in [-0.4, -0.2) is 21.1 Å². The van der Waals surface area contributed by atoms with Crippen molar-refractivity contribution in [3.63, 3.8) is 0 Å². The molecule has 0 unspecified atom stereocenters. The Morgan fingerprint density at radius 1 is 1.06 bits per heavy atom. The van der Waals surface area contributed by atoms with E-state index in [4.69, 9.17) is 28.6 Å². The van der Waals surface area contributed by atoms with Crippen LogP contribution in [0.3, 0.4) is 0 Å². The predicted octanol–water partition coefficient (Wildman–Crippen LogP) is 5.77. The van der Waals surface area contributed by atoms with E-state index in [1.165, 1.54) is 0 Å². The fourth-order valence-electron chi connectivity index (χ4n) is 2.99. The Balaban J connectivity index is 1.38. The third-order valence-corrected chi connectivity index (χ3v) is 6.37. The van der Waals surface area contributed by atoms with Crippen molar-refractivity contribution in [3.8, 4) is 5.75 Å². The van der Waals surface area contributed by atoms with Gasteiger partial charge in [-0.15, -0.1) is 0 Å². The van der Waals surface area contributed by atoms with E-state index in [1.807, 2.05) is 67.6 Å². The molecule has 0 radical (unpaired) electrons. The summed E-state index contributed by atoms with van der Waals surface area (Å²) in [6.07, 6.45) is 1.74. The first kappa shape index (κ1) is 23.0. The molecular formula is C25H19ClN2O3S2. The highest BCUT2D eigenvalue weighted by molar-refractivity contribution is 8.26. The number of rotatable bonds is 6. The number of nitrogens with one attached hydrogen (secondary N) is 1. The van der Waals surface area contributed by atoms with E-state index >= 15 is 0 Å². The van der Waals surface area contributed by atoms with Crippen molar-refractivity contribution < 1.29 is 14.3 Å². The second-order valence-corrected chi connectivity index (χ2v) is 9.42. The molecule has 0 aromatic heterocycles. The Labute approximate surface area is 206 Å². The minimum atomic E-state index is -0.394. The summed E-state index contributed by atoms with van der Waals surface area (Å²) in [5.41, 5.74) is 5.92. The number of amides is 2. The summed E-state index contributed by atoms with van der Waals surface area (Å²) < 4.78 is 6.07. The minimum Gasteiger partial charge on any atom is -0.489 e. The van der Waals surface area contributed by atoms with Crippen LogP contribution in [0.25, 0.3) is 6.08 Å². The van der Waals surface area contributed by atoms with Gasteiger partial charge < -0.3 is 4.74 Å². The highest BCUT2D eigenvalue weighted by atomic mass is 35.5. The van der Waals surface area contributed by atoms with Crippen LogP contribution in [0, 0.1) is 6.92 Å². The Bertz CT molecular complexity index is 1220. The van der Waals surface area contributed by atoms with Gasteiger partial charge >= 0.3 is 0 Å². The van der Waals surface area contributed by atoms with Gasteiger partial charge in [-0.1, -0.05) is 65.3 Å². The summed E-state index contributed by atoms with van der Waals surface area (Å²) in [7, 11) is 0. The molecular weight excluding hydrogens is 476 g/mol. The van der Waals surface area contributed by atoms with Crippen molar-refractivity contribution in [3.05, 3.63) is 105 Å². The number of hydrogen-bond donors (Lipinski definition) is 1. The van der Waals surface area contributed by atoms with Gasteiger partial charge in [0.05, 0.1) is 4.91 Å². The van der Waals surface area contributed by atoms with Crippen LogP contribution >= 0.6 is 35.6 Å². The Kier molecular flexibility index (Phi) is 7.13. The number of halogens is 1. The number of hydrogen-bond acceptors (Lipinski definition) is 5. The Hall–Kier alpha value is -3.13. The first-order chi connectivity index (χ1) is 15.9. The molecule has 1 saturated heterocycles. The number of benzene rings is 3. The number of hydrazine groups is 1. The fraction of sp³-hybridized carbons (Fsp3) is 0.0800. The standard InChI is InChI=1S/C25H19ClN2O3S2/c1-16-2-8-19(9-3-16)23(29)27-28-24(30)22(33-25(28)32)14-17-6-12-21(13-7-17)31-15-18-4-10-20(26)11-5-18/h2-14H,15H2,1H3,(H,27,29)/b22-14-. The lowest BCUT2D eigenvalue weighted by Crippen LogP contribution is -2.44. The van der Waals surface area contributed by atoms with Crippen molar-refractivity contribution in [2.75, 3.05) is 0 Å². The van der Waals surface area contributed by atoms with Gasteiger partial charge in [0.2, 0.25) is 0 Å². The smallest absolute Gasteiger partial charge is 0.285 e. The van der Waals surface area contributed by atoms with E-state index < -0.39 is 5.91 Å². The van der Waals surface area contributed by atoms with Crippen LogP contribution in [0.1, 0.15) is 27.0 Å². The topological polar surface area (TPSA) is 58.6 Å². The van der Waals surface area contributed by atoms with Crippen LogP contribution < -0.4 is 10.2 Å². The minimum absolute atomic E-state index is 0.273. The molecule has 2 amide bonds. The molecule has 1 aliphatic heterocycles. The van der Waals surface area contributed by atoms with Gasteiger partial charge in [0, 0.05) is 10.6 Å². The summed E-state index contributed by atoms with van der Waals surface area (Å²) in [4.78, 5) is 25.7. The molecule has 0 bridgehead atoms. The first-order valence-electron chi connectivity index (χ1n) is 10.0. The second-order valence-electron chi connectivity index (χ2n) is 7.31. The predicted molar refractivity (Wildman–Crippen MR) is 136 cm³/mol. The molecule has 0 spiro atoms. The van der Waals surface area contributed by atoms with Crippen LogP contribution in [0.15, 0.2) is 77.7 Å². The van der Waals surface area contributed by atoms with E-state index in [9.17, 15) is 9.59 Å². The molecule has 4 rings (SSSR count). The van der Waals surface area contributed by atoms with Crippen LogP contribution in [0.2, 0.25) is 5.02 Å². The van der Waals surface area contributed by atoms with Crippen LogP contribution in [0.5, 0.6) is 5.75 Å². The number of nitrogens with zero attached hydrogens (tertiary/aromatic N) is 1. The van der Waals surface area contributed by atoms with Crippen molar-refractivity contribution in [1.82, 2.24) is 10.4 Å². The maximum absolute atomic E-state index is 12.8. The summed E-state index contributed by atoms with van der Waals surface area (Å²) in [5, 5.41) is 1.79. The first-order valence-corrected chi connectivity index (χ1v) is 11.6. The van der Waals surface area contributed by atoms with Gasteiger partial charge in [0.1, 0.15) is 12.4 Å². The molecule has 1 fully saturated rings. The van der Waals surface area contributed by atoms with E-state index in [2.05, 4.69) is 5.43 Å². The Morgan fingerprint density at radius 2 is 1.73 bits per heavy atom. The molecule has 0 saturated carbocycles. The molecule has 1 heterocycles. The molecule has 1 N–H and O–H groups in total. The second kappa shape index (κ2) is 10.2. The van der Waals surface area contributed by atoms with Gasteiger partial charge in [0.25, 0.3) is 11.8 Å². The zero-order valence-electron chi connectivity index (χ0n) is 17.6. The van der Waals surface area contributed by atoms with Gasteiger partial charge in [0.15, 0.2) is 4.32 Å². The number of ether oxygens (including phenoxy) is 1. The molecule has 0 aliphatic carbocycles. The Morgan fingerprint density at radius 3 is 2.39 bits per heavy atom. The summed E-state index contributed by atoms with van der Waals surface area (Å²) >= 11 is 12.3. The largest absolute Gasteiger partial charge is 0.489 e. The van der Waals surface area contributed by atoms with Gasteiger partial charge in [-0.2, -0.15) is 5.01 Å². The lowest BCUT2D eigenvalue weighted by molar-refractivity contribution is -0.123. The molecule has 1 aliphatic rings. The maximum Gasteiger partial charge on any atom is 0.285 e. The van der Waals surface area contributed by atoms with Crippen molar-refractivity contribution in [2.24, 2.45) is 0 Å². The molecule has 3 aromatic carbocycles. The van der Waals surface area contributed by atoms with Crippen molar-refractivity contribution >= 4 is 57.8 Å². The summed E-state index contributed by atoms with van der Waals surface area (Å²) in [5.74, 6) is -0.0525. The number of thioether (sulfide) groups is 1. The zero-order chi connectivity index (χ0) is 23.4. The van der Waals surface area contributed by atoms with E-state index in [0.717, 1.165) is 33.5 Å². The lowest BCUT2D eigenvalue weighted by atomic mass is 10.1. The third-order valence-electron chi connectivity index (χ3n) is 4.82. The third kappa shape index (κ3) is 5.82. The van der Waals surface area contributed by atoms with E-state index in [0.29, 0.717) is 27.8 Å².